The third-order valence-electron chi connectivity index (χ3n) is 3.68. The Hall–Kier alpha value is -2.39. The molecule has 27 heavy (non-hydrogen) atoms. The van der Waals surface area contributed by atoms with Crippen LogP contribution in [-0.2, 0) is 6.61 Å². The molecule has 6 nitrogen and oxygen atoms in total. The average Bonchev–Trinajstić information content (AvgIpc) is 3.10. The van der Waals surface area contributed by atoms with Crippen LogP contribution in [0.25, 0.3) is 20.8 Å². The van der Waals surface area contributed by atoms with E-state index in [9.17, 15) is 9.50 Å². The Morgan fingerprint density at radius 2 is 1.93 bits per heavy atom. The van der Waals surface area contributed by atoms with E-state index in [-0.39, 0.29) is 12.1 Å². The SMILES string of the molecule is OCc1cc(Nc2ncc(F)c3nc(-c4c(Cl)cccc4Cl)sc23)ncn1. The first-order valence-electron chi connectivity index (χ1n) is 7.65. The monoisotopic (exact) mass is 421 g/mol. The Morgan fingerprint density at radius 3 is 2.67 bits per heavy atom. The average molecular weight is 422 g/mol. The van der Waals surface area contributed by atoms with Crippen molar-refractivity contribution in [2.45, 2.75) is 6.61 Å². The van der Waals surface area contributed by atoms with Crippen LogP contribution in [0, 0.1) is 5.82 Å². The van der Waals surface area contributed by atoms with E-state index in [1.54, 1.807) is 24.3 Å². The molecular formula is C17H10Cl2FN5OS. The molecule has 0 unspecified atom stereocenters. The first kappa shape index (κ1) is 18.0. The minimum atomic E-state index is -0.556. The second-order valence-electron chi connectivity index (χ2n) is 5.43. The van der Waals surface area contributed by atoms with Gasteiger partial charge in [0, 0.05) is 11.6 Å². The van der Waals surface area contributed by atoms with Gasteiger partial charge in [0.05, 0.1) is 28.5 Å². The van der Waals surface area contributed by atoms with Crippen LogP contribution >= 0.6 is 34.5 Å². The molecular weight excluding hydrogens is 412 g/mol. The Bertz CT molecular complexity index is 1130. The molecule has 0 saturated carbocycles. The van der Waals surface area contributed by atoms with Crippen molar-refractivity contribution in [1.82, 2.24) is 19.9 Å². The molecule has 3 heterocycles. The number of aromatic nitrogens is 4. The highest BCUT2D eigenvalue weighted by Gasteiger charge is 2.18. The molecule has 0 saturated heterocycles. The van der Waals surface area contributed by atoms with E-state index in [0.717, 1.165) is 6.20 Å². The van der Waals surface area contributed by atoms with Gasteiger partial charge in [0.1, 0.15) is 27.4 Å². The number of fused-ring (bicyclic) bond motifs is 1. The number of nitrogens with zero attached hydrogens (tertiary/aromatic N) is 4. The summed E-state index contributed by atoms with van der Waals surface area (Å²) < 4.78 is 14.8. The smallest absolute Gasteiger partial charge is 0.168 e. The first-order valence-corrected chi connectivity index (χ1v) is 9.22. The van der Waals surface area contributed by atoms with Crippen molar-refractivity contribution < 1.29 is 9.50 Å². The summed E-state index contributed by atoms with van der Waals surface area (Å²) in [6.45, 7) is -0.223. The highest BCUT2D eigenvalue weighted by atomic mass is 35.5. The molecule has 136 valence electrons. The van der Waals surface area contributed by atoms with Crippen molar-refractivity contribution >= 4 is 56.4 Å². The van der Waals surface area contributed by atoms with Crippen LogP contribution in [0.3, 0.4) is 0 Å². The quantitative estimate of drug-likeness (QED) is 0.490. The van der Waals surface area contributed by atoms with Gasteiger partial charge in [-0.1, -0.05) is 29.3 Å². The Morgan fingerprint density at radius 1 is 1.15 bits per heavy atom. The molecule has 3 aromatic heterocycles. The summed E-state index contributed by atoms with van der Waals surface area (Å²) in [6, 6.07) is 6.69. The molecule has 4 rings (SSSR count). The molecule has 2 N–H and O–H groups in total. The normalized spacial score (nSPS) is 11.1. The molecule has 0 bridgehead atoms. The minimum absolute atomic E-state index is 0.153. The maximum Gasteiger partial charge on any atom is 0.168 e. The van der Waals surface area contributed by atoms with Gasteiger partial charge in [-0.3, -0.25) is 0 Å². The zero-order valence-corrected chi connectivity index (χ0v) is 15.8. The fourth-order valence-electron chi connectivity index (χ4n) is 2.46. The third-order valence-corrected chi connectivity index (χ3v) is 5.39. The van der Waals surface area contributed by atoms with E-state index < -0.39 is 5.82 Å². The minimum Gasteiger partial charge on any atom is -0.390 e. The second kappa shape index (κ2) is 7.32. The highest BCUT2D eigenvalue weighted by molar-refractivity contribution is 7.22. The molecule has 0 fully saturated rings. The standard InChI is InChI=1S/C17H10Cl2FN5OS/c18-9-2-1-3-10(19)13(9)17-25-14-11(20)5-21-16(15(14)27-17)24-12-4-8(6-26)22-7-23-12/h1-5,7,26H,6H2,(H,21,22,23,24). The lowest BCUT2D eigenvalue weighted by molar-refractivity contribution is 0.276. The number of benzene rings is 1. The first-order chi connectivity index (χ1) is 13.1. The predicted molar refractivity (Wildman–Crippen MR) is 104 cm³/mol. The molecule has 0 spiro atoms. The van der Waals surface area contributed by atoms with Gasteiger partial charge >= 0.3 is 0 Å². The lowest BCUT2D eigenvalue weighted by Crippen LogP contribution is -1.99. The summed E-state index contributed by atoms with van der Waals surface area (Å²) in [7, 11) is 0. The number of thiazole rings is 1. The molecule has 0 atom stereocenters. The maximum absolute atomic E-state index is 14.3. The van der Waals surface area contributed by atoms with Crippen molar-refractivity contribution in [3.05, 3.63) is 58.3 Å². The van der Waals surface area contributed by atoms with Crippen LogP contribution in [0.4, 0.5) is 16.0 Å². The predicted octanol–water partition coefficient (Wildman–Crippen LogP) is 4.83. The van der Waals surface area contributed by atoms with E-state index in [1.165, 1.54) is 17.7 Å². The summed E-state index contributed by atoms with van der Waals surface area (Å²) in [5, 5.41) is 13.5. The number of aliphatic hydroxyl groups excluding tert-OH is 1. The highest BCUT2D eigenvalue weighted by Crippen LogP contribution is 2.41. The Kier molecular flexibility index (Phi) is 4.88. The molecule has 0 aliphatic heterocycles. The molecule has 0 aliphatic rings. The molecule has 0 aliphatic carbocycles. The van der Waals surface area contributed by atoms with Crippen LogP contribution in [0.1, 0.15) is 5.69 Å². The molecule has 4 aromatic rings. The number of nitrogens with one attached hydrogen (secondary N) is 1. The van der Waals surface area contributed by atoms with Crippen molar-refractivity contribution in [2.75, 3.05) is 5.32 Å². The fourth-order valence-corrected chi connectivity index (χ4v) is 4.24. The molecule has 10 heteroatoms. The lowest BCUT2D eigenvalue weighted by Gasteiger charge is -2.06. The van der Waals surface area contributed by atoms with Crippen LogP contribution < -0.4 is 5.32 Å². The van der Waals surface area contributed by atoms with Crippen LogP contribution in [0.15, 0.2) is 36.8 Å². The summed E-state index contributed by atoms with van der Waals surface area (Å²) in [4.78, 5) is 16.5. The van der Waals surface area contributed by atoms with Crippen LogP contribution in [0.2, 0.25) is 10.0 Å². The zero-order valence-electron chi connectivity index (χ0n) is 13.4. The van der Waals surface area contributed by atoms with Gasteiger partial charge in [-0.15, -0.1) is 11.3 Å². The van der Waals surface area contributed by atoms with E-state index in [0.29, 0.717) is 42.6 Å². The number of halogens is 3. The summed E-state index contributed by atoms with van der Waals surface area (Å²) >= 11 is 13.7. The number of aliphatic hydroxyl groups is 1. The number of hydrogen-bond acceptors (Lipinski definition) is 7. The lowest BCUT2D eigenvalue weighted by atomic mass is 10.2. The van der Waals surface area contributed by atoms with Gasteiger partial charge in [0.2, 0.25) is 0 Å². The van der Waals surface area contributed by atoms with Crippen LogP contribution in [0.5, 0.6) is 0 Å². The third kappa shape index (κ3) is 3.44. The fraction of sp³-hybridized carbons (Fsp3) is 0.0588. The topological polar surface area (TPSA) is 83.8 Å². The van der Waals surface area contributed by atoms with Gasteiger partial charge in [0.15, 0.2) is 11.6 Å². The molecule has 0 amide bonds. The Labute approximate surface area is 166 Å². The number of rotatable bonds is 4. The largest absolute Gasteiger partial charge is 0.390 e. The van der Waals surface area contributed by atoms with Gasteiger partial charge in [0.25, 0.3) is 0 Å². The number of anilines is 2. The van der Waals surface area contributed by atoms with E-state index in [2.05, 4.69) is 25.3 Å². The van der Waals surface area contributed by atoms with Crippen molar-refractivity contribution in [1.29, 1.82) is 0 Å². The van der Waals surface area contributed by atoms with Gasteiger partial charge in [-0.05, 0) is 12.1 Å². The summed E-state index contributed by atoms with van der Waals surface area (Å²) in [5.74, 6) is 0.237. The number of pyridine rings is 1. The van der Waals surface area contributed by atoms with Crippen molar-refractivity contribution in [3.63, 3.8) is 0 Å². The van der Waals surface area contributed by atoms with E-state index in [1.807, 2.05) is 0 Å². The summed E-state index contributed by atoms with van der Waals surface area (Å²) in [6.07, 6.45) is 2.40. The Balaban J connectivity index is 1.83. The second-order valence-corrected chi connectivity index (χ2v) is 7.24. The van der Waals surface area contributed by atoms with Crippen LogP contribution in [-0.4, -0.2) is 25.0 Å². The number of hydrogen-bond donors (Lipinski definition) is 2. The van der Waals surface area contributed by atoms with Gasteiger partial charge in [-0.25, -0.2) is 24.3 Å². The molecule has 0 radical (unpaired) electrons. The van der Waals surface area contributed by atoms with E-state index in [4.69, 9.17) is 23.2 Å². The molecule has 1 aromatic carbocycles. The van der Waals surface area contributed by atoms with Gasteiger partial charge < -0.3 is 10.4 Å². The van der Waals surface area contributed by atoms with Gasteiger partial charge in [-0.2, -0.15) is 0 Å². The zero-order chi connectivity index (χ0) is 19.0. The van der Waals surface area contributed by atoms with Crippen molar-refractivity contribution in [3.8, 4) is 10.6 Å². The van der Waals surface area contributed by atoms with Crippen molar-refractivity contribution in [2.24, 2.45) is 0 Å². The van der Waals surface area contributed by atoms with E-state index >= 15 is 0 Å². The summed E-state index contributed by atoms with van der Waals surface area (Å²) in [5.41, 5.74) is 1.13. The maximum atomic E-state index is 14.3.